The maximum absolute atomic E-state index is 11.6. The molecule has 50 heavy (non-hydrogen) atoms. The van der Waals surface area contributed by atoms with Crippen LogP contribution in [-0.2, 0) is 20.2 Å². The lowest BCUT2D eigenvalue weighted by molar-refractivity contribution is 0.481. The molecule has 7 aromatic rings. The molecule has 2 heterocycles. The Morgan fingerprint density at radius 2 is 0.580 bits per heavy atom. The van der Waals surface area contributed by atoms with E-state index >= 15 is 0 Å². The van der Waals surface area contributed by atoms with Crippen molar-refractivity contribution in [3.05, 3.63) is 158 Å². The minimum atomic E-state index is -4.34. The second kappa shape index (κ2) is 13.3. The highest BCUT2D eigenvalue weighted by Gasteiger charge is 2.24. The van der Waals surface area contributed by atoms with Crippen molar-refractivity contribution in [2.24, 2.45) is 0 Å². The average Bonchev–Trinajstić information content (AvgIpc) is 3.14. The van der Waals surface area contributed by atoms with E-state index in [-0.39, 0.29) is 9.79 Å². The molecule has 0 aliphatic carbocycles. The third-order valence-electron chi connectivity index (χ3n) is 8.13. The van der Waals surface area contributed by atoms with Crippen LogP contribution < -0.4 is 0 Å². The van der Waals surface area contributed by atoms with Crippen molar-refractivity contribution >= 4 is 20.2 Å². The van der Waals surface area contributed by atoms with Crippen LogP contribution in [-0.4, -0.2) is 25.9 Å². The first-order chi connectivity index (χ1) is 24.0. The molecule has 0 fully saturated rings. The molecule has 0 spiro atoms. The molecule has 0 saturated carbocycles. The molecule has 0 aliphatic rings. The topological polar surface area (TPSA) is 131 Å². The first-order valence-corrected chi connectivity index (χ1v) is 18.2. The van der Waals surface area contributed by atoms with Gasteiger partial charge in [0.05, 0.1) is 56.3 Å². The van der Waals surface area contributed by atoms with Crippen molar-refractivity contribution in [3.63, 3.8) is 0 Å². The van der Waals surface area contributed by atoms with E-state index in [2.05, 4.69) is 0 Å². The Labute approximate surface area is 289 Å². The van der Waals surface area contributed by atoms with E-state index in [4.69, 9.17) is 8.83 Å². The minimum Gasteiger partial charge on any atom is -0.282 e. The van der Waals surface area contributed by atoms with Gasteiger partial charge in [0.2, 0.25) is 0 Å². The van der Waals surface area contributed by atoms with Gasteiger partial charge in [-0.25, -0.2) is 8.83 Å². The Morgan fingerprint density at radius 3 is 0.860 bits per heavy atom. The van der Waals surface area contributed by atoms with Gasteiger partial charge in [-0.2, -0.15) is 16.8 Å². The fraction of sp³-hybridized carbons (Fsp3) is 0. The van der Waals surface area contributed by atoms with Crippen LogP contribution in [0.3, 0.4) is 0 Å². The maximum atomic E-state index is 11.6. The van der Waals surface area contributed by atoms with E-state index in [9.17, 15) is 25.9 Å². The summed E-state index contributed by atoms with van der Waals surface area (Å²) >= 11 is 0. The summed E-state index contributed by atoms with van der Waals surface area (Å²) in [5.41, 5.74) is 6.52. The lowest BCUT2D eigenvalue weighted by Crippen LogP contribution is -1.97. The van der Waals surface area contributed by atoms with E-state index < -0.39 is 20.2 Å². The summed E-state index contributed by atoms with van der Waals surface area (Å²) in [6.45, 7) is 0. The molecule has 0 unspecified atom stereocenters. The molecule has 2 N–H and O–H groups in total. The molecule has 246 valence electrons. The number of hydrogen-bond donors (Lipinski definition) is 2. The Bertz CT molecular complexity index is 2350. The number of hydrogen-bond acceptors (Lipinski definition) is 4. The summed E-state index contributed by atoms with van der Waals surface area (Å²) in [6, 6.07) is 46.6. The second-order valence-corrected chi connectivity index (χ2v) is 14.3. The molecule has 0 amide bonds. The van der Waals surface area contributed by atoms with Crippen LogP contribution in [0.2, 0.25) is 0 Å². The molecule has 10 heteroatoms. The monoisotopic (exact) mass is 700 g/mol. The molecule has 0 aliphatic heterocycles. The van der Waals surface area contributed by atoms with Gasteiger partial charge in [0.15, 0.2) is 0 Å². The average molecular weight is 701 g/mol. The molecule has 7 rings (SSSR count). The number of rotatable bonds is 8. The van der Waals surface area contributed by atoms with Crippen LogP contribution in [0, 0.1) is 0 Å². The van der Waals surface area contributed by atoms with Gasteiger partial charge in [-0.05, 0) is 83.9 Å². The molecule has 0 radical (unpaired) electrons. The van der Waals surface area contributed by atoms with Gasteiger partial charge < -0.3 is 0 Å². The van der Waals surface area contributed by atoms with Gasteiger partial charge >= 0.3 is 23.0 Å². The van der Waals surface area contributed by atoms with Gasteiger partial charge in [-0.1, -0.05) is 60.7 Å². The Hall–Kier alpha value is -5.78. The zero-order chi connectivity index (χ0) is 34.9. The van der Waals surface area contributed by atoms with E-state index in [0.29, 0.717) is 34.2 Å². The molecule has 0 bridgehead atoms. The van der Waals surface area contributed by atoms with Gasteiger partial charge in [-0.3, -0.25) is 9.11 Å². The standard InChI is InChI=1S/C40H26O8S2/c41-49(42,43)35-19-15-31(16-20-35)39-25-33(23-37(47-39)29-7-3-1-4-8-29)27-11-13-28(14-12-27)34-24-38(30-9-5-2-6-10-30)48-40(26-34)32-17-21-36(22-18-32)50(44,45)46/h1-26H/p+2. The third kappa shape index (κ3) is 7.14. The van der Waals surface area contributed by atoms with Crippen molar-refractivity contribution in [2.45, 2.75) is 9.79 Å². The molecular formula is C40H28O8S2+2. The van der Waals surface area contributed by atoms with Crippen LogP contribution in [0.15, 0.2) is 176 Å². The predicted octanol–water partition coefficient (Wildman–Crippen LogP) is 9.93. The van der Waals surface area contributed by atoms with Gasteiger partial charge in [0, 0.05) is 11.1 Å². The highest BCUT2D eigenvalue weighted by atomic mass is 32.2. The summed E-state index contributed by atoms with van der Waals surface area (Å²) in [5, 5.41) is 0. The summed E-state index contributed by atoms with van der Waals surface area (Å²) in [4.78, 5) is -0.419. The van der Waals surface area contributed by atoms with Crippen molar-refractivity contribution < 1.29 is 34.8 Å². The maximum Gasteiger partial charge on any atom is 0.361 e. The summed E-state index contributed by atoms with van der Waals surface area (Å²) in [5.74, 6) is 2.24. The quantitative estimate of drug-likeness (QED) is 0.118. The van der Waals surface area contributed by atoms with E-state index in [1.165, 1.54) is 24.3 Å². The van der Waals surface area contributed by atoms with E-state index in [1.807, 2.05) is 109 Å². The first kappa shape index (κ1) is 32.8. The normalized spacial score (nSPS) is 11.7. The zero-order valence-corrected chi connectivity index (χ0v) is 27.8. The predicted molar refractivity (Wildman–Crippen MR) is 192 cm³/mol. The highest BCUT2D eigenvalue weighted by Crippen LogP contribution is 2.36. The number of benzene rings is 5. The first-order valence-electron chi connectivity index (χ1n) is 15.4. The van der Waals surface area contributed by atoms with Gasteiger partial charge in [-0.15, -0.1) is 0 Å². The fourth-order valence-corrected chi connectivity index (χ4v) is 6.51. The largest absolute Gasteiger partial charge is 0.361 e. The second-order valence-electron chi connectivity index (χ2n) is 11.5. The molecule has 0 atom stereocenters. The fourth-order valence-electron chi connectivity index (χ4n) is 5.55. The van der Waals surface area contributed by atoms with Crippen LogP contribution in [0.1, 0.15) is 0 Å². The minimum absolute atomic E-state index is 0.210. The van der Waals surface area contributed by atoms with Gasteiger partial charge in [0.25, 0.3) is 20.2 Å². The Kier molecular flexibility index (Phi) is 8.69. The lowest BCUT2D eigenvalue weighted by atomic mass is 9.97. The zero-order valence-electron chi connectivity index (χ0n) is 26.2. The summed E-state index contributed by atoms with van der Waals surface area (Å²) in [6.07, 6.45) is 0. The molecular weight excluding hydrogens is 673 g/mol. The summed E-state index contributed by atoms with van der Waals surface area (Å²) in [7, 11) is -8.69. The third-order valence-corrected chi connectivity index (χ3v) is 9.86. The smallest absolute Gasteiger partial charge is 0.282 e. The van der Waals surface area contributed by atoms with Crippen molar-refractivity contribution in [1.82, 2.24) is 0 Å². The van der Waals surface area contributed by atoms with Gasteiger partial charge in [0.1, 0.15) is 0 Å². The highest BCUT2D eigenvalue weighted by molar-refractivity contribution is 7.86. The van der Waals surface area contributed by atoms with E-state index in [0.717, 1.165) is 33.4 Å². The Balaban J connectivity index is 1.30. The van der Waals surface area contributed by atoms with Crippen molar-refractivity contribution in [1.29, 1.82) is 0 Å². The van der Waals surface area contributed by atoms with Crippen molar-refractivity contribution in [3.8, 4) is 67.5 Å². The van der Waals surface area contributed by atoms with Crippen LogP contribution in [0.25, 0.3) is 67.5 Å². The lowest BCUT2D eigenvalue weighted by Gasteiger charge is -2.06. The van der Waals surface area contributed by atoms with E-state index in [1.54, 1.807) is 24.3 Å². The Morgan fingerprint density at radius 1 is 0.320 bits per heavy atom. The van der Waals surface area contributed by atoms with Crippen LogP contribution in [0.5, 0.6) is 0 Å². The van der Waals surface area contributed by atoms with Crippen LogP contribution >= 0.6 is 0 Å². The molecule has 0 saturated heterocycles. The molecule has 5 aromatic carbocycles. The van der Waals surface area contributed by atoms with Crippen molar-refractivity contribution in [2.75, 3.05) is 0 Å². The SMILES string of the molecule is O=S(=O)(O)c1ccc(-c2cc(-c3ccc(-c4cc(-c5ccccc5)[o+]c(-c5ccc(S(=O)(=O)O)cc5)c4)cc3)cc(-c3ccccc3)[o+]2)cc1. The molecule has 2 aromatic heterocycles. The summed E-state index contributed by atoms with van der Waals surface area (Å²) < 4.78 is 77.9. The molecule has 8 nitrogen and oxygen atoms in total. The van der Waals surface area contributed by atoms with Crippen LogP contribution in [0.4, 0.5) is 0 Å².